The number of benzene rings is 2. The van der Waals surface area contributed by atoms with Gasteiger partial charge < -0.3 is 13.5 Å². The van der Waals surface area contributed by atoms with Crippen molar-refractivity contribution in [3.63, 3.8) is 0 Å². The van der Waals surface area contributed by atoms with Gasteiger partial charge in [-0.05, 0) is 9.38 Å². The Labute approximate surface area is 192 Å². The summed E-state index contributed by atoms with van der Waals surface area (Å²) in [6.07, 6.45) is 5.54. The van der Waals surface area contributed by atoms with Crippen LogP contribution in [-0.2, 0) is 34.3 Å². The van der Waals surface area contributed by atoms with Crippen LogP contribution in [0.4, 0.5) is 0 Å². The second-order valence-electron chi connectivity index (χ2n) is 5.35. The summed E-state index contributed by atoms with van der Waals surface area (Å²) < 4.78 is 1.12. The summed E-state index contributed by atoms with van der Waals surface area (Å²) in [5.41, 5.74) is 4.07. The minimum Gasteiger partial charge on any atom is -0.813 e. The van der Waals surface area contributed by atoms with Crippen molar-refractivity contribution in [2.24, 2.45) is 0 Å². The Balaban J connectivity index is 0.000000165. The summed E-state index contributed by atoms with van der Waals surface area (Å²) >= 11 is 4.48. The van der Waals surface area contributed by atoms with Gasteiger partial charge in [0.05, 0.1) is 0 Å². The predicted octanol–water partition coefficient (Wildman–Crippen LogP) is 7.58. The van der Waals surface area contributed by atoms with Crippen LogP contribution >= 0.6 is 44.7 Å². The number of fused-ring (bicyclic) bond motifs is 4. The first-order valence-electron chi connectivity index (χ1n) is 7.56. The van der Waals surface area contributed by atoms with E-state index in [-0.39, 0.29) is 13.5 Å². The Kier molecular flexibility index (Phi) is 9.71. The fraction of sp³-hybridized carbons (Fsp3) is 0.0500. The van der Waals surface area contributed by atoms with Crippen LogP contribution in [0.1, 0.15) is 16.4 Å². The molecule has 0 N–H and O–H groups in total. The van der Waals surface area contributed by atoms with Crippen molar-refractivity contribution in [2.45, 2.75) is 5.25 Å². The standard InChI is InChI=1S/C11H6BrS.C9H7.2ClH.H2S.Zr/c12-10-6-8-5-7-3-1-2-4-9(7)11(8)13-10;1-2-5-9-7-3-6-8(9)4-1;;;;/h1-5,11H;1-7H;2*1H;1H2;/q2*-1;;;;+2/p-3. The van der Waals surface area contributed by atoms with Gasteiger partial charge in [0.2, 0.25) is 0 Å². The van der Waals surface area contributed by atoms with Gasteiger partial charge >= 0.3 is 37.9 Å². The largest absolute Gasteiger partial charge is 0.813 e. The van der Waals surface area contributed by atoms with Gasteiger partial charge in [-0.1, -0.05) is 46.3 Å². The fourth-order valence-corrected chi connectivity index (χ4v) is 4.61. The third-order valence-corrected chi connectivity index (χ3v) is 5.70. The van der Waals surface area contributed by atoms with E-state index in [0.717, 1.165) is 3.81 Å². The maximum Gasteiger partial charge on any atom is -0.0809 e. The van der Waals surface area contributed by atoms with E-state index in [1.165, 1.54) is 27.5 Å². The number of halogens is 3. The summed E-state index contributed by atoms with van der Waals surface area (Å²) in [7, 11) is 9.87. The molecule has 0 saturated carbocycles. The smallest absolute Gasteiger partial charge is 0.0809 e. The maximum atomic E-state index is 4.93. The van der Waals surface area contributed by atoms with Crippen molar-refractivity contribution < 1.29 is 20.8 Å². The average molecular weight is 560 g/mol. The number of thiol groups is 1. The SMILES string of the molecule is BrC1=[C-]C2=Cc3ccccc3C2S1.[Cl][Zr][Cl].[SH-].c1ccc2[cH-]ccc2c1. The molecule has 1 unspecified atom stereocenters. The quantitative estimate of drug-likeness (QED) is 0.158. The first-order valence-corrected chi connectivity index (χ1v) is 15.6. The zero-order valence-electron chi connectivity index (χ0n) is 13.5. The molecule has 0 aromatic heterocycles. The number of rotatable bonds is 0. The van der Waals surface area contributed by atoms with Gasteiger partial charge in [-0.25, -0.2) is 6.08 Å². The van der Waals surface area contributed by atoms with E-state index in [1.807, 2.05) is 11.8 Å². The Bertz CT molecular complexity index is 891. The van der Waals surface area contributed by atoms with E-state index in [0.29, 0.717) is 5.25 Å². The molecule has 26 heavy (non-hydrogen) atoms. The van der Waals surface area contributed by atoms with Crippen molar-refractivity contribution in [3.05, 3.63) is 93.3 Å². The monoisotopic (exact) mass is 557 g/mol. The van der Waals surface area contributed by atoms with Crippen molar-refractivity contribution in [3.8, 4) is 0 Å². The third kappa shape index (κ3) is 5.59. The van der Waals surface area contributed by atoms with E-state index in [4.69, 9.17) is 17.0 Å². The van der Waals surface area contributed by atoms with Gasteiger partial charge in [-0.3, -0.25) is 0 Å². The van der Waals surface area contributed by atoms with Gasteiger partial charge in [0.15, 0.2) is 0 Å². The molecular weight excluding hydrogens is 546 g/mol. The molecule has 134 valence electrons. The Morgan fingerprint density at radius 3 is 2.50 bits per heavy atom. The summed E-state index contributed by atoms with van der Waals surface area (Å²) in [6, 6.07) is 23.2. The average Bonchev–Trinajstić information content (AvgIpc) is 3.29. The van der Waals surface area contributed by atoms with Crippen LogP contribution < -0.4 is 0 Å². The van der Waals surface area contributed by atoms with Crippen LogP contribution in [0.3, 0.4) is 0 Å². The normalized spacial score (nSPS) is 15.9. The molecule has 0 nitrogen and oxygen atoms in total. The van der Waals surface area contributed by atoms with Crippen LogP contribution in [0.2, 0.25) is 0 Å². The summed E-state index contributed by atoms with van der Waals surface area (Å²) in [6.45, 7) is 0. The Hall–Kier alpha value is 0.173. The van der Waals surface area contributed by atoms with Crippen LogP contribution in [0, 0.1) is 6.08 Å². The van der Waals surface area contributed by atoms with Crippen LogP contribution in [0.5, 0.6) is 0 Å². The predicted molar refractivity (Wildman–Crippen MR) is 120 cm³/mol. The summed E-state index contributed by atoms with van der Waals surface area (Å²) in [5.74, 6) is 0. The van der Waals surface area contributed by atoms with Gasteiger partial charge in [-0.15, -0.1) is 47.0 Å². The van der Waals surface area contributed by atoms with Crippen LogP contribution in [0.25, 0.3) is 16.8 Å². The van der Waals surface area contributed by atoms with Crippen LogP contribution in [0.15, 0.2) is 76.1 Å². The zero-order chi connectivity index (χ0) is 17.6. The first kappa shape index (κ1) is 22.5. The first-order chi connectivity index (χ1) is 12.2. The van der Waals surface area contributed by atoms with E-state index < -0.39 is 20.8 Å². The topological polar surface area (TPSA) is 0 Å². The molecule has 0 fully saturated rings. The van der Waals surface area contributed by atoms with E-state index in [2.05, 4.69) is 94.8 Å². The Morgan fingerprint density at radius 2 is 1.73 bits per heavy atom. The van der Waals surface area contributed by atoms with Crippen molar-refractivity contribution >= 4 is 75.1 Å². The molecule has 1 aliphatic heterocycles. The molecule has 3 aromatic carbocycles. The zero-order valence-corrected chi connectivity index (χ0v) is 20.8. The second kappa shape index (κ2) is 11.2. The number of thioether (sulfide) groups is 1. The van der Waals surface area contributed by atoms with Gasteiger partial charge in [0.1, 0.15) is 0 Å². The minimum atomic E-state index is -0.826. The van der Waals surface area contributed by atoms with Crippen molar-refractivity contribution in [1.29, 1.82) is 0 Å². The molecule has 0 radical (unpaired) electrons. The summed E-state index contributed by atoms with van der Waals surface area (Å²) in [5, 5.41) is 3.15. The van der Waals surface area contributed by atoms with Gasteiger partial charge in [0.25, 0.3) is 0 Å². The molecule has 6 heteroatoms. The second-order valence-corrected chi connectivity index (χ2v) is 11.5. The molecule has 1 atom stereocenters. The molecule has 0 saturated heterocycles. The number of allylic oxidation sites excluding steroid dienone is 1. The fourth-order valence-electron chi connectivity index (χ4n) is 2.84. The molecule has 0 spiro atoms. The molecule has 0 bridgehead atoms. The number of hydrogen-bond acceptors (Lipinski definition) is 2. The Morgan fingerprint density at radius 1 is 1.04 bits per heavy atom. The van der Waals surface area contributed by atoms with E-state index >= 15 is 0 Å². The molecule has 1 heterocycles. The van der Waals surface area contributed by atoms with Crippen molar-refractivity contribution in [2.75, 3.05) is 0 Å². The van der Waals surface area contributed by atoms with Gasteiger partial charge in [0, 0.05) is 5.25 Å². The van der Waals surface area contributed by atoms with Gasteiger partial charge in [-0.2, -0.15) is 29.2 Å². The molecule has 1 aliphatic carbocycles. The third-order valence-electron chi connectivity index (χ3n) is 3.88. The molecule has 3 aromatic rings. The van der Waals surface area contributed by atoms with Crippen molar-refractivity contribution in [1.82, 2.24) is 0 Å². The molecule has 0 amide bonds. The molecule has 2 aliphatic rings. The van der Waals surface area contributed by atoms with E-state index in [9.17, 15) is 0 Å². The maximum absolute atomic E-state index is 4.93. The van der Waals surface area contributed by atoms with Crippen LogP contribution in [-0.4, -0.2) is 0 Å². The summed E-state index contributed by atoms with van der Waals surface area (Å²) in [4.78, 5) is 0. The number of hydrogen-bond donors (Lipinski definition) is 0. The molecular formula is C20H14BrCl2S2Zr-3. The van der Waals surface area contributed by atoms with E-state index in [1.54, 1.807) is 0 Å². The molecule has 5 rings (SSSR count). The minimum absolute atomic E-state index is 0.